The lowest BCUT2D eigenvalue weighted by Gasteiger charge is -2.18. The van der Waals surface area contributed by atoms with Crippen LogP contribution in [0, 0.1) is 0 Å². The summed E-state index contributed by atoms with van der Waals surface area (Å²) in [5.41, 5.74) is 3.81. The Kier molecular flexibility index (Phi) is 4.27. The van der Waals surface area contributed by atoms with Gasteiger partial charge in [-0.1, -0.05) is 54.6 Å². The smallest absolute Gasteiger partial charge is 0.0734 e. The van der Waals surface area contributed by atoms with Gasteiger partial charge in [0.1, 0.15) is 0 Å². The van der Waals surface area contributed by atoms with Crippen LogP contribution >= 0.6 is 0 Å². The van der Waals surface area contributed by atoms with E-state index in [0.29, 0.717) is 5.92 Å². The van der Waals surface area contributed by atoms with Gasteiger partial charge in [-0.2, -0.15) is 0 Å². The van der Waals surface area contributed by atoms with Crippen molar-refractivity contribution in [1.29, 1.82) is 0 Å². The summed E-state index contributed by atoms with van der Waals surface area (Å²) in [6.07, 6.45) is 2.88. The number of rotatable bonds is 5. The highest BCUT2D eigenvalue weighted by Crippen LogP contribution is 2.24. The van der Waals surface area contributed by atoms with E-state index < -0.39 is 0 Å². The third-order valence-electron chi connectivity index (χ3n) is 3.90. The molecule has 0 saturated carbocycles. The van der Waals surface area contributed by atoms with Gasteiger partial charge in [-0.3, -0.25) is 4.98 Å². The lowest BCUT2D eigenvalue weighted by molar-refractivity contribution is 0.627. The molecular formula is C19H20N2. The van der Waals surface area contributed by atoms with Crippen LogP contribution in [0.4, 0.5) is 0 Å². The number of fused-ring (bicyclic) bond motifs is 1. The van der Waals surface area contributed by atoms with Crippen molar-refractivity contribution in [3.63, 3.8) is 0 Å². The molecule has 0 amide bonds. The highest BCUT2D eigenvalue weighted by molar-refractivity contribution is 5.81. The molecule has 2 aromatic carbocycles. The molecule has 2 heteroatoms. The second kappa shape index (κ2) is 6.51. The number of hydrogen-bond donors (Lipinski definition) is 1. The molecule has 0 fully saturated rings. The summed E-state index contributed by atoms with van der Waals surface area (Å²) in [5, 5.41) is 4.53. The van der Waals surface area contributed by atoms with Crippen molar-refractivity contribution in [3.05, 3.63) is 78.0 Å². The molecule has 0 bridgehead atoms. The number of hydrogen-bond acceptors (Lipinski definition) is 2. The van der Waals surface area contributed by atoms with Crippen LogP contribution in [0.15, 0.2) is 66.9 Å². The predicted molar refractivity (Wildman–Crippen MR) is 88.6 cm³/mol. The molecule has 3 aromatic rings. The normalized spacial score (nSPS) is 12.4. The zero-order valence-corrected chi connectivity index (χ0v) is 12.3. The van der Waals surface area contributed by atoms with E-state index >= 15 is 0 Å². The molecule has 0 aliphatic carbocycles. The lowest BCUT2D eigenvalue weighted by atomic mass is 9.91. The summed E-state index contributed by atoms with van der Waals surface area (Å²) in [5.74, 6) is 0.462. The summed E-state index contributed by atoms with van der Waals surface area (Å²) in [4.78, 5) is 4.57. The molecule has 1 heterocycles. The third-order valence-corrected chi connectivity index (χ3v) is 3.90. The highest BCUT2D eigenvalue weighted by Gasteiger charge is 2.13. The standard InChI is InChI=1S/C19H20N2/c1-20-14-18(15-7-3-2-4-8-15)13-17-10-5-9-16-11-6-12-21-19(16)17/h2-12,18,20H,13-14H2,1H3. The first-order valence-corrected chi connectivity index (χ1v) is 7.40. The molecule has 21 heavy (non-hydrogen) atoms. The number of para-hydroxylation sites is 1. The monoisotopic (exact) mass is 276 g/mol. The van der Waals surface area contributed by atoms with Crippen LogP contribution in [0.25, 0.3) is 10.9 Å². The summed E-state index contributed by atoms with van der Waals surface area (Å²) >= 11 is 0. The van der Waals surface area contributed by atoms with Gasteiger partial charge in [0.15, 0.2) is 0 Å². The van der Waals surface area contributed by atoms with Crippen molar-refractivity contribution in [3.8, 4) is 0 Å². The van der Waals surface area contributed by atoms with Gasteiger partial charge in [-0.05, 0) is 30.7 Å². The fourth-order valence-electron chi connectivity index (χ4n) is 2.88. The minimum atomic E-state index is 0.462. The van der Waals surface area contributed by atoms with E-state index in [1.165, 1.54) is 16.5 Å². The lowest BCUT2D eigenvalue weighted by Crippen LogP contribution is -2.19. The summed E-state index contributed by atoms with van der Waals surface area (Å²) in [6, 6.07) is 21.3. The first-order chi connectivity index (χ1) is 10.4. The molecule has 1 atom stereocenters. The van der Waals surface area contributed by atoms with Gasteiger partial charge >= 0.3 is 0 Å². The van der Waals surface area contributed by atoms with Crippen molar-refractivity contribution in [2.45, 2.75) is 12.3 Å². The second-order valence-corrected chi connectivity index (χ2v) is 5.36. The number of likely N-dealkylation sites (N-methyl/N-ethyl adjacent to an activating group) is 1. The van der Waals surface area contributed by atoms with E-state index in [4.69, 9.17) is 0 Å². The van der Waals surface area contributed by atoms with Gasteiger partial charge in [0.05, 0.1) is 5.52 Å². The van der Waals surface area contributed by atoms with Crippen molar-refractivity contribution >= 4 is 10.9 Å². The van der Waals surface area contributed by atoms with E-state index in [-0.39, 0.29) is 0 Å². The third kappa shape index (κ3) is 3.11. The molecule has 3 rings (SSSR count). The Morgan fingerprint density at radius 2 is 1.76 bits per heavy atom. The Hall–Kier alpha value is -2.19. The van der Waals surface area contributed by atoms with Crippen molar-refractivity contribution in [1.82, 2.24) is 10.3 Å². The highest BCUT2D eigenvalue weighted by atomic mass is 14.8. The zero-order valence-electron chi connectivity index (χ0n) is 12.3. The van der Waals surface area contributed by atoms with E-state index in [0.717, 1.165) is 18.5 Å². The average molecular weight is 276 g/mol. The van der Waals surface area contributed by atoms with E-state index in [1.54, 1.807) is 0 Å². The summed E-state index contributed by atoms with van der Waals surface area (Å²) in [6.45, 7) is 0.966. The number of nitrogens with zero attached hydrogens (tertiary/aromatic N) is 1. The zero-order chi connectivity index (χ0) is 14.5. The van der Waals surface area contributed by atoms with Crippen molar-refractivity contribution in [2.24, 2.45) is 0 Å². The van der Waals surface area contributed by atoms with Crippen LogP contribution in [0.1, 0.15) is 17.0 Å². The first-order valence-electron chi connectivity index (χ1n) is 7.40. The molecular weight excluding hydrogens is 256 g/mol. The molecule has 0 saturated heterocycles. The Morgan fingerprint density at radius 1 is 0.952 bits per heavy atom. The van der Waals surface area contributed by atoms with Crippen LogP contribution in [0.2, 0.25) is 0 Å². The number of aromatic nitrogens is 1. The number of benzene rings is 2. The first kappa shape index (κ1) is 13.8. The summed E-state index contributed by atoms with van der Waals surface area (Å²) in [7, 11) is 2.01. The quantitative estimate of drug-likeness (QED) is 0.767. The van der Waals surface area contributed by atoms with Gasteiger partial charge in [-0.25, -0.2) is 0 Å². The molecule has 2 nitrogen and oxygen atoms in total. The van der Waals surface area contributed by atoms with Crippen LogP contribution in [-0.4, -0.2) is 18.6 Å². The van der Waals surface area contributed by atoms with E-state index in [2.05, 4.69) is 64.9 Å². The number of pyridine rings is 1. The van der Waals surface area contributed by atoms with Gasteiger partial charge in [0.25, 0.3) is 0 Å². The van der Waals surface area contributed by atoms with Crippen LogP contribution < -0.4 is 5.32 Å². The fourth-order valence-corrected chi connectivity index (χ4v) is 2.88. The largest absolute Gasteiger partial charge is 0.319 e. The molecule has 0 aliphatic rings. The van der Waals surface area contributed by atoms with Gasteiger partial charge in [-0.15, -0.1) is 0 Å². The SMILES string of the molecule is CNCC(Cc1cccc2cccnc12)c1ccccc1. The molecule has 0 aliphatic heterocycles. The fraction of sp³-hybridized carbons (Fsp3) is 0.211. The van der Waals surface area contributed by atoms with Crippen LogP contribution in [-0.2, 0) is 6.42 Å². The number of nitrogens with one attached hydrogen (secondary N) is 1. The second-order valence-electron chi connectivity index (χ2n) is 5.36. The maximum Gasteiger partial charge on any atom is 0.0734 e. The Labute approximate surface area is 125 Å². The van der Waals surface area contributed by atoms with Crippen molar-refractivity contribution < 1.29 is 0 Å². The Morgan fingerprint density at radius 3 is 2.57 bits per heavy atom. The average Bonchev–Trinajstić information content (AvgIpc) is 2.55. The van der Waals surface area contributed by atoms with Gasteiger partial charge in [0, 0.05) is 24.0 Å². The topological polar surface area (TPSA) is 24.9 Å². The molecule has 106 valence electrons. The Balaban J connectivity index is 1.95. The molecule has 1 unspecified atom stereocenters. The molecule has 1 N–H and O–H groups in total. The van der Waals surface area contributed by atoms with Gasteiger partial charge in [0.2, 0.25) is 0 Å². The molecule has 0 radical (unpaired) electrons. The minimum absolute atomic E-state index is 0.462. The van der Waals surface area contributed by atoms with Crippen molar-refractivity contribution in [2.75, 3.05) is 13.6 Å². The maximum atomic E-state index is 4.57. The van der Waals surface area contributed by atoms with E-state index in [9.17, 15) is 0 Å². The van der Waals surface area contributed by atoms with Crippen LogP contribution in [0.5, 0.6) is 0 Å². The predicted octanol–water partition coefficient (Wildman–Crippen LogP) is 3.78. The van der Waals surface area contributed by atoms with Gasteiger partial charge < -0.3 is 5.32 Å². The molecule has 1 aromatic heterocycles. The van der Waals surface area contributed by atoms with Crippen LogP contribution in [0.3, 0.4) is 0 Å². The Bertz CT molecular complexity index is 702. The summed E-state index contributed by atoms with van der Waals surface area (Å²) < 4.78 is 0. The molecule has 0 spiro atoms. The maximum absolute atomic E-state index is 4.57. The minimum Gasteiger partial charge on any atom is -0.319 e. The van der Waals surface area contributed by atoms with E-state index in [1.807, 2.05) is 19.3 Å².